The smallest absolute Gasteiger partial charge is 0.206 e. The topological polar surface area (TPSA) is 34.1 Å². The lowest BCUT2D eigenvalue weighted by Crippen LogP contribution is -2.04. The van der Waals surface area contributed by atoms with Gasteiger partial charge in [0, 0.05) is 0 Å². The molecule has 0 amide bonds. The van der Waals surface area contributed by atoms with E-state index in [2.05, 4.69) is 0 Å². The van der Waals surface area contributed by atoms with Gasteiger partial charge in [-0.2, -0.15) is 0 Å². The Morgan fingerprint density at radius 1 is 0.900 bits per heavy atom. The van der Waals surface area contributed by atoms with Crippen molar-refractivity contribution in [1.29, 1.82) is 0 Å². The number of aryl methyl sites for hydroxylation is 2. The lowest BCUT2D eigenvalue weighted by Gasteiger charge is -2.09. The summed E-state index contributed by atoms with van der Waals surface area (Å²) in [5, 5.41) is 0.431. The van der Waals surface area contributed by atoms with Gasteiger partial charge in [0.1, 0.15) is 5.82 Å². The van der Waals surface area contributed by atoms with Crippen LogP contribution in [0.15, 0.2) is 40.1 Å². The van der Waals surface area contributed by atoms with E-state index in [1.54, 1.807) is 0 Å². The second-order valence-electron chi connectivity index (χ2n) is 4.45. The molecule has 2 aromatic carbocycles. The second-order valence-corrected chi connectivity index (χ2v) is 7.21. The minimum atomic E-state index is -3.75. The van der Waals surface area contributed by atoms with Crippen LogP contribution < -0.4 is 0 Å². The molecule has 0 aliphatic carbocycles. The monoisotopic (exact) mass is 332 g/mol. The third-order valence-electron chi connectivity index (χ3n) is 2.92. The van der Waals surface area contributed by atoms with Crippen molar-refractivity contribution in [2.45, 2.75) is 23.6 Å². The van der Waals surface area contributed by atoms with Gasteiger partial charge in [-0.15, -0.1) is 0 Å². The van der Waals surface area contributed by atoms with Crippen molar-refractivity contribution < 1.29 is 12.8 Å². The predicted octanol–water partition coefficient (Wildman–Crippen LogP) is 4.58. The van der Waals surface area contributed by atoms with E-state index in [1.165, 1.54) is 44.2 Å². The number of halogens is 3. The minimum absolute atomic E-state index is 0.0253. The van der Waals surface area contributed by atoms with E-state index >= 15 is 0 Å². The maximum atomic E-state index is 13.6. The highest BCUT2D eigenvalue weighted by atomic mass is 35.5. The Labute approximate surface area is 127 Å². The van der Waals surface area contributed by atoms with Gasteiger partial charge < -0.3 is 0 Å². The Hall–Kier alpha value is -1.10. The summed E-state index contributed by atoms with van der Waals surface area (Å²) in [6.07, 6.45) is 0. The Kier molecular flexibility index (Phi) is 4.09. The van der Waals surface area contributed by atoms with Crippen LogP contribution in [0.5, 0.6) is 0 Å². The third-order valence-corrected chi connectivity index (χ3v) is 5.39. The van der Waals surface area contributed by atoms with Gasteiger partial charge in [-0.25, -0.2) is 12.8 Å². The highest BCUT2D eigenvalue weighted by molar-refractivity contribution is 7.91. The quantitative estimate of drug-likeness (QED) is 0.754. The molecular formula is C14H11Cl2FO2S. The van der Waals surface area contributed by atoms with Crippen LogP contribution in [0.4, 0.5) is 4.39 Å². The largest absolute Gasteiger partial charge is 0.219 e. The lowest BCUT2D eigenvalue weighted by molar-refractivity contribution is 0.591. The fraction of sp³-hybridized carbons (Fsp3) is 0.143. The molecule has 0 fully saturated rings. The van der Waals surface area contributed by atoms with Gasteiger partial charge in [0.15, 0.2) is 0 Å². The summed E-state index contributed by atoms with van der Waals surface area (Å²) in [5.74, 6) is -0.405. The molecule has 0 unspecified atom stereocenters. The zero-order valence-electron chi connectivity index (χ0n) is 10.7. The van der Waals surface area contributed by atoms with Crippen LogP contribution in [0.3, 0.4) is 0 Å². The van der Waals surface area contributed by atoms with Gasteiger partial charge in [-0.3, -0.25) is 0 Å². The van der Waals surface area contributed by atoms with Crippen molar-refractivity contribution >= 4 is 33.0 Å². The van der Waals surface area contributed by atoms with Gasteiger partial charge >= 0.3 is 0 Å². The molecule has 0 aliphatic heterocycles. The van der Waals surface area contributed by atoms with Gasteiger partial charge in [0.05, 0.1) is 19.8 Å². The Morgan fingerprint density at radius 3 is 1.95 bits per heavy atom. The average Bonchev–Trinajstić information content (AvgIpc) is 2.38. The van der Waals surface area contributed by atoms with Crippen molar-refractivity contribution in [3.8, 4) is 0 Å². The Balaban J connectivity index is 2.63. The average molecular weight is 333 g/mol. The van der Waals surface area contributed by atoms with Crippen molar-refractivity contribution in [2.75, 3.05) is 0 Å². The van der Waals surface area contributed by atoms with Gasteiger partial charge in [0.2, 0.25) is 9.84 Å². The number of benzene rings is 2. The number of hydrogen-bond acceptors (Lipinski definition) is 2. The third kappa shape index (κ3) is 2.68. The van der Waals surface area contributed by atoms with Gasteiger partial charge in [0.25, 0.3) is 0 Å². The Bertz CT molecular complexity index is 763. The molecule has 0 heterocycles. The molecule has 0 atom stereocenters. The molecule has 0 N–H and O–H groups in total. The fourth-order valence-corrected chi connectivity index (χ4v) is 3.66. The molecule has 106 valence electrons. The van der Waals surface area contributed by atoms with Crippen molar-refractivity contribution in [2.24, 2.45) is 0 Å². The summed E-state index contributed by atoms with van der Waals surface area (Å²) in [4.78, 5) is 0.0598. The van der Waals surface area contributed by atoms with Crippen LogP contribution in [0.2, 0.25) is 10.0 Å². The first-order chi connectivity index (χ1) is 9.23. The molecule has 0 bridgehead atoms. The molecule has 2 rings (SSSR count). The SMILES string of the molecule is Cc1cc(S(=O)(=O)c2ccc(Cl)c(Cl)c2)cc(C)c1F. The molecule has 6 heteroatoms. The van der Waals surface area contributed by atoms with Crippen molar-refractivity contribution in [3.05, 3.63) is 57.3 Å². The van der Waals surface area contributed by atoms with Crippen LogP contribution in [-0.2, 0) is 9.84 Å². The summed E-state index contributed by atoms with van der Waals surface area (Å²) in [6.45, 7) is 3.05. The van der Waals surface area contributed by atoms with Gasteiger partial charge in [-0.05, 0) is 55.3 Å². The second kappa shape index (κ2) is 5.35. The van der Waals surface area contributed by atoms with E-state index in [-0.39, 0.29) is 31.0 Å². The summed E-state index contributed by atoms with van der Waals surface area (Å²) < 4.78 is 38.6. The lowest BCUT2D eigenvalue weighted by atomic mass is 10.1. The highest BCUT2D eigenvalue weighted by Gasteiger charge is 2.20. The van der Waals surface area contributed by atoms with Crippen LogP contribution in [0.25, 0.3) is 0 Å². The number of hydrogen-bond donors (Lipinski definition) is 0. The van der Waals surface area contributed by atoms with E-state index in [0.29, 0.717) is 0 Å². The summed E-state index contributed by atoms with van der Waals surface area (Å²) in [6, 6.07) is 6.69. The van der Waals surface area contributed by atoms with Crippen molar-refractivity contribution in [1.82, 2.24) is 0 Å². The van der Waals surface area contributed by atoms with E-state index in [1.807, 2.05) is 0 Å². The predicted molar refractivity (Wildman–Crippen MR) is 77.8 cm³/mol. The zero-order chi connectivity index (χ0) is 15.1. The van der Waals surface area contributed by atoms with Crippen LogP contribution >= 0.6 is 23.2 Å². The molecule has 0 spiro atoms. The first-order valence-corrected chi connectivity index (χ1v) is 7.94. The molecule has 0 aromatic heterocycles. The summed E-state index contributed by atoms with van der Waals surface area (Å²) in [7, 11) is -3.75. The minimum Gasteiger partial charge on any atom is -0.219 e. The van der Waals surface area contributed by atoms with E-state index < -0.39 is 15.7 Å². The molecule has 0 aliphatic rings. The first kappa shape index (κ1) is 15.3. The first-order valence-electron chi connectivity index (χ1n) is 5.70. The van der Waals surface area contributed by atoms with E-state index in [9.17, 15) is 12.8 Å². The van der Waals surface area contributed by atoms with Crippen molar-refractivity contribution in [3.63, 3.8) is 0 Å². The van der Waals surface area contributed by atoms with Crippen LogP contribution in [0.1, 0.15) is 11.1 Å². The fourth-order valence-electron chi connectivity index (χ4n) is 1.84. The molecule has 2 nitrogen and oxygen atoms in total. The molecule has 0 saturated heterocycles. The standard InChI is InChI=1S/C14H11Cl2FO2S/c1-8-5-11(6-9(2)14(8)17)20(18,19)10-3-4-12(15)13(16)7-10/h3-7H,1-2H3. The highest BCUT2D eigenvalue weighted by Crippen LogP contribution is 2.29. The van der Waals surface area contributed by atoms with Gasteiger partial charge in [-0.1, -0.05) is 23.2 Å². The molecule has 0 saturated carbocycles. The van der Waals surface area contributed by atoms with E-state index in [0.717, 1.165) is 0 Å². The number of sulfone groups is 1. The van der Waals surface area contributed by atoms with Crippen LogP contribution in [0, 0.1) is 19.7 Å². The summed E-state index contributed by atoms with van der Waals surface area (Å²) >= 11 is 11.6. The maximum Gasteiger partial charge on any atom is 0.206 e. The molecule has 2 aromatic rings. The zero-order valence-corrected chi connectivity index (χ0v) is 13.1. The Morgan fingerprint density at radius 2 is 1.45 bits per heavy atom. The van der Waals surface area contributed by atoms with E-state index in [4.69, 9.17) is 23.2 Å². The molecule has 0 radical (unpaired) electrons. The molecule has 20 heavy (non-hydrogen) atoms. The van der Waals surface area contributed by atoms with Crippen LogP contribution in [-0.4, -0.2) is 8.42 Å². The maximum absolute atomic E-state index is 13.6. The molecular weight excluding hydrogens is 322 g/mol. The summed E-state index contributed by atoms with van der Waals surface area (Å²) in [5.41, 5.74) is 0.562. The normalized spacial score (nSPS) is 11.7. The number of rotatable bonds is 2.